The molecular weight excluding hydrogens is 246 g/mol. The van der Waals surface area contributed by atoms with E-state index >= 15 is 0 Å². The van der Waals surface area contributed by atoms with Gasteiger partial charge in [0.25, 0.3) is 5.91 Å². The summed E-state index contributed by atoms with van der Waals surface area (Å²) in [6.07, 6.45) is -0.621. The summed E-state index contributed by atoms with van der Waals surface area (Å²) in [6.45, 7) is 3.62. The van der Waals surface area contributed by atoms with Crippen LogP contribution in [0.15, 0.2) is 24.3 Å². The summed E-state index contributed by atoms with van der Waals surface area (Å²) in [5.74, 6) is 0.257. The summed E-state index contributed by atoms with van der Waals surface area (Å²) in [5.41, 5.74) is 0.0943. The number of fused-ring (bicyclic) bond motifs is 1. The van der Waals surface area contributed by atoms with E-state index in [9.17, 15) is 9.59 Å². The molecule has 3 rings (SSSR count). The maximum absolute atomic E-state index is 12.0. The van der Waals surface area contributed by atoms with Crippen LogP contribution in [-0.2, 0) is 14.3 Å². The Morgan fingerprint density at radius 1 is 1.21 bits per heavy atom. The summed E-state index contributed by atoms with van der Waals surface area (Å²) < 4.78 is 10.2. The molecule has 2 saturated heterocycles. The number of amides is 1. The first kappa shape index (κ1) is 12.0. The molecule has 0 saturated carbocycles. The van der Waals surface area contributed by atoms with Crippen LogP contribution in [0.5, 0.6) is 5.75 Å². The van der Waals surface area contributed by atoms with E-state index in [0.29, 0.717) is 0 Å². The Morgan fingerprint density at radius 3 is 2.42 bits per heavy atom. The van der Waals surface area contributed by atoms with Gasteiger partial charge in [0, 0.05) is 5.69 Å². The third-order valence-corrected chi connectivity index (χ3v) is 3.90. The third-order valence-electron chi connectivity index (χ3n) is 3.90. The topological polar surface area (TPSA) is 55.8 Å². The zero-order valence-electron chi connectivity index (χ0n) is 11.0. The van der Waals surface area contributed by atoms with E-state index in [2.05, 4.69) is 0 Å². The van der Waals surface area contributed by atoms with Crippen LogP contribution in [0, 0.1) is 5.41 Å². The second-order valence-corrected chi connectivity index (χ2v) is 5.40. The summed E-state index contributed by atoms with van der Waals surface area (Å²) >= 11 is 0. The Kier molecular flexibility index (Phi) is 2.36. The maximum atomic E-state index is 12.0. The minimum absolute atomic E-state index is 0.158. The number of β-lactam (4-membered cyclic amide) rings is 1. The van der Waals surface area contributed by atoms with Gasteiger partial charge in [-0.1, -0.05) is 0 Å². The van der Waals surface area contributed by atoms with E-state index in [0.717, 1.165) is 11.4 Å². The zero-order chi connectivity index (χ0) is 13.8. The average Bonchev–Trinajstić information content (AvgIpc) is 2.60. The Bertz CT molecular complexity index is 549. The molecular formula is C14H15NO4. The van der Waals surface area contributed by atoms with Gasteiger partial charge in [0.05, 0.1) is 18.6 Å². The molecule has 100 valence electrons. The highest BCUT2D eigenvalue weighted by molar-refractivity contribution is 6.09. The fraction of sp³-hybridized carbons (Fsp3) is 0.429. The predicted octanol–water partition coefficient (Wildman–Crippen LogP) is 1.36. The standard InChI is InChI=1S/C14H15NO4/c1-14(2)11-10(19-13(14)17)12(16)15(11)8-4-6-9(18-3)7-5-8/h4-7,10-11H,1-3H3/t10-,11-/m1/s1. The molecule has 0 radical (unpaired) electrons. The molecule has 2 aliphatic rings. The molecule has 5 heteroatoms. The molecule has 19 heavy (non-hydrogen) atoms. The van der Waals surface area contributed by atoms with Crippen LogP contribution < -0.4 is 9.64 Å². The van der Waals surface area contributed by atoms with Crippen LogP contribution in [0.2, 0.25) is 0 Å². The van der Waals surface area contributed by atoms with Gasteiger partial charge in [0.2, 0.25) is 6.10 Å². The fourth-order valence-corrected chi connectivity index (χ4v) is 2.70. The van der Waals surface area contributed by atoms with Crippen molar-refractivity contribution in [1.82, 2.24) is 0 Å². The van der Waals surface area contributed by atoms with E-state index < -0.39 is 11.5 Å². The van der Waals surface area contributed by atoms with Gasteiger partial charge in [0.1, 0.15) is 5.75 Å². The van der Waals surface area contributed by atoms with Crippen molar-refractivity contribution in [2.45, 2.75) is 26.0 Å². The van der Waals surface area contributed by atoms with Gasteiger partial charge in [-0.3, -0.25) is 9.59 Å². The van der Waals surface area contributed by atoms with E-state index in [1.807, 2.05) is 26.0 Å². The fourth-order valence-electron chi connectivity index (χ4n) is 2.70. The van der Waals surface area contributed by atoms with Crippen LogP contribution in [0.3, 0.4) is 0 Å². The highest BCUT2D eigenvalue weighted by Gasteiger charge is 2.65. The maximum Gasteiger partial charge on any atom is 0.314 e. The molecule has 5 nitrogen and oxygen atoms in total. The van der Waals surface area contributed by atoms with E-state index in [4.69, 9.17) is 9.47 Å². The van der Waals surface area contributed by atoms with Crippen molar-refractivity contribution in [2.75, 3.05) is 12.0 Å². The zero-order valence-corrected chi connectivity index (χ0v) is 11.0. The summed E-state index contributed by atoms with van der Waals surface area (Å²) in [4.78, 5) is 25.4. The van der Waals surface area contributed by atoms with Crippen molar-refractivity contribution in [3.05, 3.63) is 24.3 Å². The van der Waals surface area contributed by atoms with Gasteiger partial charge < -0.3 is 14.4 Å². The number of ether oxygens (including phenoxy) is 2. The molecule has 0 spiro atoms. The monoisotopic (exact) mass is 261 g/mol. The first-order valence-corrected chi connectivity index (χ1v) is 6.15. The number of anilines is 1. The van der Waals surface area contributed by atoms with Gasteiger partial charge >= 0.3 is 5.97 Å². The first-order valence-electron chi connectivity index (χ1n) is 6.15. The van der Waals surface area contributed by atoms with Crippen LogP contribution >= 0.6 is 0 Å². The molecule has 0 bridgehead atoms. The van der Waals surface area contributed by atoms with Crippen molar-refractivity contribution in [3.8, 4) is 5.75 Å². The van der Waals surface area contributed by atoms with Gasteiger partial charge in [-0.25, -0.2) is 0 Å². The van der Waals surface area contributed by atoms with Crippen molar-refractivity contribution < 1.29 is 19.1 Å². The molecule has 1 amide bonds. The SMILES string of the molecule is COc1ccc(N2C(=O)[C@@H]3OC(=O)C(C)(C)[C@@H]32)cc1. The number of methoxy groups -OCH3 is 1. The van der Waals surface area contributed by atoms with Gasteiger partial charge in [0.15, 0.2) is 0 Å². The van der Waals surface area contributed by atoms with Gasteiger partial charge in [-0.2, -0.15) is 0 Å². The molecule has 0 N–H and O–H groups in total. The Morgan fingerprint density at radius 2 is 1.84 bits per heavy atom. The number of carbonyl (C=O) groups is 2. The van der Waals surface area contributed by atoms with Gasteiger partial charge in [-0.05, 0) is 38.1 Å². The molecule has 0 aliphatic carbocycles. The van der Waals surface area contributed by atoms with Gasteiger partial charge in [-0.15, -0.1) is 0 Å². The molecule has 0 unspecified atom stereocenters. The smallest absolute Gasteiger partial charge is 0.314 e. The largest absolute Gasteiger partial charge is 0.497 e. The number of esters is 1. The summed E-state index contributed by atoms with van der Waals surface area (Å²) in [7, 11) is 1.59. The normalized spacial score (nSPS) is 27.6. The second-order valence-electron chi connectivity index (χ2n) is 5.40. The molecule has 2 aliphatic heterocycles. The van der Waals surface area contributed by atoms with Crippen LogP contribution in [0.1, 0.15) is 13.8 Å². The lowest BCUT2D eigenvalue weighted by molar-refractivity contribution is -0.152. The number of benzene rings is 1. The molecule has 1 aromatic rings. The average molecular weight is 261 g/mol. The lowest BCUT2D eigenvalue weighted by atomic mass is 9.78. The predicted molar refractivity (Wildman–Crippen MR) is 67.9 cm³/mol. The molecule has 2 heterocycles. The Balaban J connectivity index is 1.93. The number of carbonyl (C=O) groups excluding carboxylic acids is 2. The van der Waals surface area contributed by atoms with E-state index in [-0.39, 0.29) is 17.9 Å². The van der Waals surface area contributed by atoms with E-state index in [1.54, 1.807) is 24.1 Å². The van der Waals surface area contributed by atoms with Crippen molar-refractivity contribution in [2.24, 2.45) is 5.41 Å². The molecule has 0 aromatic heterocycles. The van der Waals surface area contributed by atoms with Crippen LogP contribution in [0.4, 0.5) is 5.69 Å². The second kappa shape index (κ2) is 3.73. The minimum atomic E-state index is -0.668. The lowest BCUT2D eigenvalue weighted by Crippen LogP contribution is -2.67. The van der Waals surface area contributed by atoms with Crippen molar-refractivity contribution in [1.29, 1.82) is 0 Å². The number of rotatable bonds is 2. The molecule has 1 aromatic carbocycles. The summed E-state index contributed by atoms with van der Waals surface area (Å²) in [5, 5.41) is 0. The molecule has 2 atom stereocenters. The first-order chi connectivity index (χ1) is 8.96. The lowest BCUT2D eigenvalue weighted by Gasteiger charge is -2.45. The number of hydrogen-bond donors (Lipinski definition) is 0. The van der Waals surface area contributed by atoms with E-state index in [1.165, 1.54) is 0 Å². The molecule has 2 fully saturated rings. The number of nitrogens with zero attached hydrogens (tertiary/aromatic N) is 1. The highest BCUT2D eigenvalue weighted by atomic mass is 16.6. The number of hydrogen-bond acceptors (Lipinski definition) is 4. The van der Waals surface area contributed by atoms with Crippen LogP contribution in [0.25, 0.3) is 0 Å². The van der Waals surface area contributed by atoms with Crippen LogP contribution in [-0.4, -0.2) is 31.1 Å². The van der Waals surface area contributed by atoms with Crippen molar-refractivity contribution in [3.63, 3.8) is 0 Å². The third kappa shape index (κ3) is 1.47. The Hall–Kier alpha value is -2.04. The quantitative estimate of drug-likeness (QED) is 0.596. The Labute approximate surface area is 111 Å². The minimum Gasteiger partial charge on any atom is -0.497 e. The highest BCUT2D eigenvalue weighted by Crippen LogP contribution is 2.46. The summed E-state index contributed by atoms with van der Waals surface area (Å²) in [6, 6.07) is 6.99. The van der Waals surface area contributed by atoms with Crippen molar-refractivity contribution >= 4 is 17.6 Å².